The standard InChI is InChI=1S/C16H20F2N2O3/c1-8(11-5-6-12(17)13(18)7-11)19-16(23)14(9(2)21)20-15(22)10-3-4-10/h5-10,14,21H,3-4H2,1-2H3,(H,19,23)(H,20,22)/t8-,9-,14-/m0/s1. The lowest BCUT2D eigenvalue weighted by molar-refractivity contribution is -0.132. The third-order valence-electron chi connectivity index (χ3n) is 3.81. The van der Waals surface area contributed by atoms with Gasteiger partial charge in [-0.15, -0.1) is 0 Å². The molecular formula is C16H20F2N2O3. The van der Waals surface area contributed by atoms with Crippen molar-refractivity contribution >= 4 is 11.8 Å². The first-order valence-electron chi connectivity index (χ1n) is 7.53. The maximum absolute atomic E-state index is 13.2. The molecule has 0 heterocycles. The number of carbonyl (C=O) groups excluding carboxylic acids is 2. The van der Waals surface area contributed by atoms with E-state index in [0.29, 0.717) is 5.56 Å². The molecule has 23 heavy (non-hydrogen) atoms. The number of benzene rings is 1. The molecule has 2 amide bonds. The Labute approximate surface area is 133 Å². The molecule has 0 aliphatic heterocycles. The summed E-state index contributed by atoms with van der Waals surface area (Å²) in [5, 5.41) is 14.8. The van der Waals surface area contributed by atoms with Gasteiger partial charge in [-0.25, -0.2) is 8.78 Å². The highest BCUT2D eigenvalue weighted by molar-refractivity contribution is 5.89. The van der Waals surface area contributed by atoms with Crippen molar-refractivity contribution in [3.8, 4) is 0 Å². The minimum atomic E-state index is -1.09. The van der Waals surface area contributed by atoms with Gasteiger partial charge in [-0.3, -0.25) is 9.59 Å². The molecule has 0 aromatic heterocycles. The Morgan fingerprint density at radius 2 is 1.83 bits per heavy atom. The molecule has 7 heteroatoms. The summed E-state index contributed by atoms with van der Waals surface area (Å²) >= 11 is 0. The average molecular weight is 326 g/mol. The molecule has 0 spiro atoms. The van der Waals surface area contributed by atoms with Gasteiger partial charge in [0.25, 0.3) is 0 Å². The molecule has 1 saturated carbocycles. The highest BCUT2D eigenvalue weighted by Crippen LogP contribution is 2.29. The Balaban J connectivity index is 2.01. The summed E-state index contributed by atoms with van der Waals surface area (Å²) in [5.41, 5.74) is 0.384. The number of halogens is 2. The first-order valence-corrected chi connectivity index (χ1v) is 7.53. The van der Waals surface area contributed by atoms with Crippen LogP contribution in [0.2, 0.25) is 0 Å². The van der Waals surface area contributed by atoms with Crippen LogP contribution >= 0.6 is 0 Å². The largest absolute Gasteiger partial charge is 0.391 e. The summed E-state index contributed by atoms with van der Waals surface area (Å²) in [6.07, 6.45) is 0.492. The van der Waals surface area contributed by atoms with Gasteiger partial charge in [0.05, 0.1) is 12.1 Å². The third-order valence-corrected chi connectivity index (χ3v) is 3.81. The van der Waals surface area contributed by atoms with Crippen LogP contribution in [-0.4, -0.2) is 29.1 Å². The summed E-state index contributed by atoms with van der Waals surface area (Å²) in [4.78, 5) is 24.0. The van der Waals surface area contributed by atoms with Crippen molar-refractivity contribution in [2.24, 2.45) is 5.92 Å². The molecule has 0 unspecified atom stereocenters. The van der Waals surface area contributed by atoms with E-state index in [1.165, 1.54) is 13.0 Å². The first-order chi connectivity index (χ1) is 10.8. The minimum absolute atomic E-state index is 0.0901. The van der Waals surface area contributed by atoms with Crippen molar-refractivity contribution in [1.82, 2.24) is 10.6 Å². The molecule has 1 fully saturated rings. The molecule has 3 atom stereocenters. The summed E-state index contributed by atoms with van der Waals surface area (Å²) in [6, 6.07) is 1.66. The van der Waals surface area contributed by atoms with Crippen molar-refractivity contribution in [3.63, 3.8) is 0 Å². The lowest BCUT2D eigenvalue weighted by Crippen LogP contribution is -2.53. The molecule has 1 aromatic rings. The van der Waals surface area contributed by atoms with E-state index in [-0.39, 0.29) is 11.8 Å². The highest BCUT2D eigenvalue weighted by Gasteiger charge is 2.34. The van der Waals surface area contributed by atoms with Crippen molar-refractivity contribution in [3.05, 3.63) is 35.4 Å². The molecule has 1 aliphatic rings. The van der Waals surface area contributed by atoms with Crippen molar-refractivity contribution in [2.45, 2.75) is 44.9 Å². The number of rotatable bonds is 6. The van der Waals surface area contributed by atoms with E-state index < -0.39 is 35.7 Å². The zero-order valence-electron chi connectivity index (χ0n) is 13.0. The van der Waals surface area contributed by atoms with E-state index in [2.05, 4.69) is 10.6 Å². The van der Waals surface area contributed by atoms with E-state index >= 15 is 0 Å². The van der Waals surface area contributed by atoms with Gasteiger partial charge < -0.3 is 15.7 Å². The van der Waals surface area contributed by atoms with Crippen molar-refractivity contribution in [1.29, 1.82) is 0 Å². The second-order valence-corrected chi connectivity index (χ2v) is 5.90. The third kappa shape index (κ3) is 4.48. The second-order valence-electron chi connectivity index (χ2n) is 5.90. The Hall–Kier alpha value is -2.02. The molecule has 0 bridgehead atoms. The number of carbonyl (C=O) groups is 2. The molecular weight excluding hydrogens is 306 g/mol. The molecule has 1 aliphatic carbocycles. The Morgan fingerprint density at radius 1 is 1.17 bits per heavy atom. The Kier molecular flexibility index (Phi) is 5.30. The second kappa shape index (κ2) is 7.04. The van der Waals surface area contributed by atoms with Crippen molar-refractivity contribution < 1.29 is 23.5 Å². The minimum Gasteiger partial charge on any atom is -0.391 e. The quantitative estimate of drug-likeness (QED) is 0.740. The molecule has 3 N–H and O–H groups in total. The van der Waals surface area contributed by atoms with Crippen LogP contribution in [-0.2, 0) is 9.59 Å². The number of aliphatic hydroxyl groups is 1. The maximum Gasteiger partial charge on any atom is 0.245 e. The van der Waals surface area contributed by atoms with Crippen LogP contribution in [0.4, 0.5) is 8.78 Å². The van der Waals surface area contributed by atoms with Crippen LogP contribution < -0.4 is 10.6 Å². The lowest BCUT2D eigenvalue weighted by Gasteiger charge is -2.23. The molecule has 0 radical (unpaired) electrons. The smallest absolute Gasteiger partial charge is 0.245 e. The van der Waals surface area contributed by atoms with Crippen LogP contribution in [0, 0.1) is 17.6 Å². The average Bonchev–Trinajstić information content (AvgIpc) is 3.31. The lowest BCUT2D eigenvalue weighted by atomic mass is 10.1. The molecule has 2 rings (SSSR count). The zero-order valence-corrected chi connectivity index (χ0v) is 13.0. The van der Waals surface area contributed by atoms with E-state index in [1.807, 2.05) is 0 Å². The van der Waals surface area contributed by atoms with Crippen LogP contribution in [0.5, 0.6) is 0 Å². The van der Waals surface area contributed by atoms with Gasteiger partial charge in [-0.2, -0.15) is 0 Å². The maximum atomic E-state index is 13.2. The fourth-order valence-corrected chi connectivity index (χ4v) is 2.19. The fraction of sp³-hybridized carbons (Fsp3) is 0.500. The monoisotopic (exact) mass is 326 g/mol. The number of amides is 2. The SMILES string of the molecule is C[C@H](NC(=O)[C@@H](NC(=O)C1CC1)[C@H](C)O)c1ccc(F)c(F)c1. The van der Waals surface area contributed by atoms with Crippen LogP contribution in [0.25, 0.3) is 0 Å². The fourth-order valence-electron chi connectivity index (χ4n) is 2.19. The summed E-state index contributed by atoms with van der Waals surface area (Å²) in [6.45, 7) is 3.01. The van der Waals surface area contributed by atoms with E-state index in [0.717, 1.165) is 25.0 Å². The van der Waals surface area contributed by atoms with Crippen LogP contribution in [0.3, 0.4) is 0 Å². The van der Waals surface area contributed by atoms with Crippen LogP contribution in [0.15, 0.2) is 18.2 Å². The number of hydrogen-bond acceptors (Lipinski definition) is 3. The van der Waals surface area contributed by atoms with Gasteiger partial charge >= 0.3 is 0 Å². The summed E-state index contributed by atoms with van der Waals surface area (Å²) in [5.74, 6) is -2.89. The number of aliphatic hydroxyl groups excluding tert-OH is 1. The van der Waals surface area contributed by atoms with Crippen molar-refractivity contribution in [2.75, 3.05) is 0 Å². The number of nitrogens with one attached hydrogen (secondary N) is 2. The normalized spacial score (nSPS) is 18.0. The van der Waals surface area contributed by atoms with E-state index in [4.69, 9.17) is 0 Å². The summed E-state index contributed by atoms with van der Waals surface area (Å²) < 4.78 is 26.2. The molecule has 1 aromatic carbocycles. The predicted molar refractivity (Wildman–Crippen MR) is 79.3 cm³/mol. The van der Waals surface area contributed by atoms with Gasteiger partial charge in [0.2, 0.25) is 11.8 Å². The predicted octanol–water partition coefficient (Wildman–Crippen LogP) is 1.42. The zero-order chi connectivity index (χ0) is 17.1. The molecule has 5 nitrogen and oxygen atoms in total. The highest BCUT2D eigenvalue weighted by atomic mass is 19.2. The Bertz CT molecular complexity index is 603. The van der Waals surface area contributed by atoms with E-state index in [1.54, 1.807) is 6.92 Å². The van der Waals surface area contributed by atoms with Crippen LogP contribution in [0.1, 0.15) is 38.3 Å². The van der Waals surface area contributed by atoms with Gasteiger partial charge in [-0.1, -0.05) is 6.07 Å². The Morgan fingerprint density at radius 3 is 2.35 bits per heavy atom. The van der Waals surface area contributed by atoms with Gasteiger partial charge in [-0.05, 0) is 44.4 Å². The van der Waals surface area contributed by atoms with Gasteiger partial charge in [0, 0.05) is 5.92 Å². The first kappa shape index (κ1) is 17.3. The molecule has 126 valence electrons. The van der Waals surface area contributed by atoms with E-state index in [9.17, 15) is 23.5 Å². The summed E-state index contributed by atoms with van der Waals surface area (Å²) in [7, 11) is 0. The van der Waals surface area contributed by atoms with Gasteiger partial charge in [0.15, 0.2) is 11.6 Å². The van der Waals surface area contributed by atoms with Gasteiger partial charge in [0.1, 0.15) is 6.04 Å². The number of hydrogen-bond donors (Lipinski definition) is 3. The molecule has 0 saturated heterocycles. The topological polar surface area (TPSA) is 78.4 Å².